The van der Waals surface area contributed by atoms with Gasteiger partial charge in [-0.05, 0) is 68.6 Å². The minimum Gasteiger partial charge on any atom is -0.355 e. The Balaban J connectivity index is 1.47. The van der Waals surface area contributed by atoms with E-state index in [1.165, 1.54) is 19.3 Å². The molecule has 4 nitrogen and oxygen atoms in total. The van der Waals surface area contributed by atoms with Gasteiger partial charge in [-0.1, -0.05) is 13.8 Å². The lowest BCUT2D eigenvalue weighted by Gasteiger charge is -2.55. The van der Waals surface area contributed by atoms with Gasteiger partial charge in [-0.3, -0.25) is 9.59 Å². The van der Waals surface area contributed by atoms with Crippen molar-refractivity contribution < 1.29 is 9.59 Å². The molecule has 0 aliphatic heterocycles. The molecule has 0 aromatic heterocycles. The Hall–Kier alpha value is -1.06. The summed E-state index contributed by atoms with van der Waals surface area (Å²) in [4.78, 5) is 24.5. The van der Waals surface area contributed by atoms with Crippen molar-refractivity contribution >= 4 is 11.8 Å². The van der Waals surface area contributed by atoms with Gasteiger partial charge in [-0.15, -0.1) is 0 Å². The number of amides is 2. The van der Waals surface area contributed by atoms with Gasteiger partial charge in [0.15, 0.2) is 0 Å². The van der Waals surface area contributed by atoms with Crippen LogP contribution in [0.3, 0.4) is 0 Å². The molecule has 124 valence electrons. The second-order valence-corrected chi connectivity index (χ2v) is 8.41. The lowest BCUT2D eigenvalue weighted by atomic mass is 9.49. The van der Waals surface area contributed by atoms with Gasteiger partial charge in [0.1, 0.15) is 0 Å². The van der Waals surface area contributed by atoms with Gasteiger partial charge in [-0.2, -0.15) is 0 Å². The minimum atomic E-state index is -0.146. The van der Waals surface area contributed by atoms with Crippen LogP contribution in [-0.4, -0.2) is 24.9 Å². The smallest absolute Gasteiger partial charge is 0.239 e. The van der Waals surface area contributed by atoms with E-state index in [4.69, 9.17) is 0 Å². The summed E-state index contributed by atoms with van der Waals surface area (Å²) in [7, 11) is 0. The van der Waals surface area contributed by atoms with Gasteiger partial charge in [0.05, 0.1) is 6.54 Å². The fourth-order valence-electron chi connectivity index (χ4n) is 5.30. The van der Waals surface area contributed by atoms with Crippen LogP contribution >= 0.6 is 0 Å². The first kappa shape index (κ1) is 15.8. The predicted octanol–water partition coefficient (Wildman–Crippen LogP) is 2.48. The third-order valence-corrected chi connectivity index (χ3v) is 5.97. The van der Waals surface area contributed by atoms with Crippen molar-refractivity contribution in [2.45, 2.75) is 58.8 Å². The SMILES string of the molecule is CC(C)CCNC(=O)CNC(=O)C12CC3CC(CC(C3)C1)C2. The summed E-state index contributed by atoms with van der Waals surface area (Å²) in [6, 6.07) is 0. The summed E-state index contributed by atoms with van der Waals surface area (Å²) >= 11 is 0. The van der Waals surface area contributed by atoms with Crippen LogP contribution in [0.4, 0.5) is 0 Å². The normalized spacial score (nSPS) is 35.7. The molecule has 4 saturated carbocycles. The Morgan fingerprint density at radius 1 is 1.00 bits per heavy atom. The fourth-order valence-corrected chi connectivity index (χ4v) is 5.30. The summed E-state index contributed by atoms with van der Waals surface area (Å²) < 4.78 is 0. The topological polar surface area (TPSA) is 58.2 Å². The molecule has 2 N–H and O–H groups in total. The Bertz CT molecular complexity index is 409. The van der Waals surface area contributed by atoms with Crippen LogP contribution in [0, 0.1) is 29.1 Å². The van der Waals surface area contributed by atoms with Crippen molar-refractivity contribution in [2.24, 2.45) is 29.1 Å². The highest BCUT2D eigenvalue weighted by Crippen LogP contribution is 2.60. The number of nitrogens with one attached hydrogen (secondary N) is 2. The van der Waals surface area contributed by atoms with Crippen LogP contribution in [0.2, 0.25) is 0 Å². The molecule has 0 aromatic rings. The summed E-state index contributed by atoms with van der Waals surface area (Å²) in [6.45, 7) is 5.12. The molecule has 4 aliphatic rings. The fraction of sp³-hybridized carbons (Fsp3) is 0.889. The van der Waals surface area contributed by atoms with Gasteiger partial charge in [0, 0.05) is 12.0 Å². The molecule has 2 amide bonds. The van der Waals surface area contributed by atoms with Gasteiger partial charge < -0.3 is 10.6 Å². The molecule has 22 heavy (non-hydrogen) atoms. The monoisotopic (exact) mass is 306 g/mol. The number of hydrogen-bond acceptors (Lipinski definition) is 2. The Kier molecular flexibility index (Phi) is 4.47. The van der Waals surface area contributed by atoms with Gasteiger partial charge >= 0.3 is 0 Å². The largest absolute Gasteiger partial charge is 0.355 e. The predicted molar refractivity (Wildman–Crippen MR) is 86.1 cm³/mol. The first-order chi connectivity index (χ1) is 10.5. The van der Waals surface area contributed by atoms with Crippen molar-refractivity contribution in [2.75, 3.05) is 13.1 Å². The highest BCUT2D eigenvalue weighted by Gasteiger charge is 2.54. The zero-order chi connectivity index (χ0) is 15.7. The molecule has 0 unspecified atom stereocenters. The molecule has 4 heteroatoms. The van der Waals surface area contributed by atoms with E-state index in [0.717, 1.165) is 43.4 Å². The Morgan fingerprint density at radius 3 is 2.05 bits per heavy atom. The van der Waals surface area contributed by atoms with Crippen molar-refractivity contribution in [1.82, 2.24) is 10.6 Å². The molecule has 0 saturated heterocycles. The third kappa shape index (κ3) is 3.31. The van der Waals surface area contributed by atoms with E-state index in [9.17, 15) is 9.59 Å². The maximum absolute atomic E-state index is 12.7. The maximum Gasteiger partial charge on any atom is 0.239 e. The van der Waals surface area contributed by atoms with E-state index in [1.807, 2.05) is 0 Å². The number of carbonyl (C=O) groups is 2. The van der Waals surface area contributed by atoms with Gasteiger partial charge in [0.25, 0.3) is 0 Å². The second-order valence-electron chi connectivity index (χ2n) is 8.41. The molecule has 0 aromatic carbocycles. The Morgan fingerprint density at radius 2 is 1.55 bits per heavy atom. The zero-order valence-corrected chi connectivity index (χ0v) is 14.0. The van der Waals surface area contributed by atoms with Crippen LogP contribution in [0.1, 0.15) is 58.8 Å². The molecular weight excluding hydrogens is 276 g/mol. The summed E-state index contributed by atoms with van der Waals surface area (Å²) in [5.41, 5.74) is -0.146. The van der Waals surface area contributed by atoms with Crippen molar-refractivity contribution in [3.8, 4) is 0 Å². The van der Waals surface area contributed by atoms with E-state index in [2.05, 4.69) is 24.5 Å². The molecule has 0 heterocycles. The second kappa shape index (κ2) is 6.21. The number of carbonyl (C=O) groups excluding carboxylic acids is 2. The molecule has 4 fully saturated rings. The molecule has 0 radical (unpaired) electrons. The zero-order valence-electron chi connectivity index (χ0n) is 14.0. The molecule has 0 spiro atoms. The number of hydrogen-bond donors (Lipinski definition) is 2. The van der Waals surface area contributed by atoms with Crippen LogP contribution < -0.4 is 10.6 Å². The van der Waals surface area contributed by atoms with Crippen molar-refractivity contribution in [3.63, 3.8) is 0 Å². The molecule has 0 atom stereocenters. The third-order valence-electron chi connectivity index (χ3n) is 5.97. The van der Waals surface area contributed by atoms with Crippen LogP contribution in [0.5, 0.6) is 0 Å². The summed E-state index contributed by atoms with van der Waals surface area (Å²) in [6.07, 6.45) is 8.15. The van der Waals surface area contributed by atoms with E-state index < -0.39 is 0 Å². The van der Waals surface area contributed by atoms with Crippen LogP contribution in [0.25, 0.3) is 0 Å². The molecular formula is C18H30N2O2. The van der Waals surface area contributed by atoms with Crippen LogP contribution in [0.15, 0.2) is 0 Å². The van der Waals surface area contributed by atoms with E-state index in [0.29, 0.717) is 12.5 Å². The standard InChI is InChI=1S/C18H30N2O2/c1-12(2)3-4-19-16(21)11-20-17(22)18-8-13-5-14(9-18)7-15(6-13)10-18/h12-15H,3-11H2,1-2H3,(H,19,21)(H,20,22). The van der Waals surface area contributed by atoms with Gasteiger partial charge in [-0.25, -0.2) is 0 Å². The first-order valence-corrected chi connectivity index (χ1v) is 9.02. The first-order valence-electron chi connectivity index (χ1n) is 9.02. The van der Waals surface area contributed by atoms with E-state index in [-0.39, 0.29) is 23.8 Å². The minimum absolute atomic E-state index is 0.0567. The Labute approximate surface area is 133 Å². The lowest BCUT2D eigenvalue weighted by Crippen LogP contribution is -2.54. The lowest BCUT2D eigenvalue weighted by molar-refractivity contribution is -0.147. The average molecular weight is 306 g/mol. The molecule has 4 rings (SSSR count). The number of rotatable bonds is 6. The summed E-state index contributed by atoms with van der Waals surface area (Å²) in [5.74, 6) is 2.96. The van der Waals surface area contributed by atoms with Gasteiger partial charge in [0.2, 0.25) is 11.8 Å². The molecule has 4 aliphatic carbocycles. The van der Waals surface area contributed by atoms with Crippen molar-refractivity contribution in [3.05, 3.63) is 0 Å². The summed E-state index contributed by atoms with van der Waals surface area (Å²) in [5, 5.41) is 5.82. The highest BCUT2D eigenvalue weighted by molar-refractivity contribution is 5.88. The average Bonchev–Trinajstić information content (AvgIpc) is 2.42. The van der Waals surface area contributed by atoms with Crippen molar-refractivity contribution in [1.29, 1.82) is 0 Å². The van der Waals surface area contributed by atoms with Crippen LogP contribution in [-0.2, 0) is 9.59 Å². The quantitative estimate of drug-likeness (QED) is 0.792. The van der Waals surface area contributed by atoms with E-state index in [1.54, 1.807) is 0 Å². The van der Waals surface area contributed by atoms with E-state index >= 15 is 0 Å². The molecule has 4 bridgehead atoms. The maximum atomic E-state index is 12.7. The highest BCUT2D eigenvalue weighted by atomic mass is 16.2.